The van der Waals surface area contributed by atoms with Gasteiger partial charge in [0, 0.05) is 23.3 Å². The van der Waals surface area contributed by atoms with E-state index in [-0.39, 0.29) is 43.0 Å². The Hall–Kier alpha value is -5.66. The Morgan fingerprint density at radius 3 is 2.42 bits per heavy atom. The first kappa shape index (κ1) is 48.3. The van der Waals surface area contributed by atoms with Crippen LogP contribution in [-0.2, 0) is 29.1 Å². The Labute approximate surface area is 380 Å². The van der Waals surface area contributed by atoms with Crippen molar-refractivity contribution >= 4 is 44.6 Å². The summed E-state index contributed by atoms with van der Waals surface area (Å²) < 4.78 is 106. The number of hydrogen-bond acceptors (Lipinski definition) is 11. The number of rotatable bonds is 11. The standard InChI is InChI=1S/C46H55F4N5O10S/c1-24(2)63-38-16-11-28(19-35(38)47)36-20-29-18-31(62-6)12-15-34(29)41(51-36)65-32-21-37-40(56)53-45(43(58)54-66(60,61)33-13-14-33)22-30(45)10-8-7-9-25(3)17-26(4)39(42(57)55(37)23-32)52-44(59)64-27(5)46(48,49)50/h8,10-12,15-16,18-20,24-27,30,32-33,37,39H,7,9,13-14,17,21-23H2,1-6H3,(H,52,59)(H,53,56)(H,54,58)/b10-8-/t25-,26-,27-,30-,32-,37+,39?,45-/m1/s1. The van der Waals surface area contributed by atoms with Crippen LogP contribution in [0.1, 0.15) is 79.6 Å². The van der Waals surface area contributed by atoms with Crippen molar-refractivity contribution in [3.63, 3.8) is 0 Å². The highest BCUT2D eigenvalue weighted by Crippen LogP contribution is 2.46. The fraction of sp³-hybridized carbons (Fsp3) is 0.543. The van der Waals surface area contributed by atoms with Crippen molar-refractivity contribution in [3.8, 4) is 28.6 Å². The van der Waals surface area contributed by atoms with Gasteiger partial charge in [0.2, 0.25) is 27.7 Å². The second kappa shape index (κ2) is 18.9. The number of alkyl carbamates (subject to hydrolysis) is 1. The first-order valence-electron chi connectivity index (χ1n) is 22.1. The summed E-state index contributed by atoms with van der Waals surface area (Å²) in [4.78, 5) is 62.5. The van der Waals surface area contributed by atoms with E-state index in [1.165, 1.54) is 19.2 Å². The third kappa shape index (κ3) is 10.8. The Kier molecular flexibility index (Phi) is 13.8. The molecule has 1 unspecified atom stereocenters. The van der Waals surface area contributed by atoms with Crippen molar-refractivity contribution in [1.82, 2.24) is 25.2 Å². The minimum absolute atomic E-state index is 0.0434. The van der Waals surface area contributed by atoms with Crippen molar-refractivity contribution in [2.45, 2.75) is 127 Å². The van der Waals surface area contributed by atoms with Crippen molar-refractivity contribution < 1.29 is 64.1 Å². The van der Waals surface area contributed by atoms with Gasteiger partial charge in [-0.3, -0.25) is 19.1 Å². The molecule has 15 nitrogen and oxygen atoms in total. The van der Waals surface area contributed by atoms with Crippen LogP contribution in [0, 0.1) is 23.6 Å². The van der Waals surface area contributed by atoms with E-state index in [1.807, 2.05) is 13.0 Å². The maximum atomic E-state index is 15.3. The molecule has 0 bridgehead atoms. The molecule has 3 aromatic rings. The first-order valence-corrected chi connectivity index (χ1v) is 23.6. The lowest BCUT2D eigenvalue weighted by molar-refractivity contribution is -0.197. The number of alkyl halides is 3. The summed E-state index contributed by atoms with van der Waals surface area (Å²) in [6, 6.07) is 8.29. The largest absolute Gasteiger partial charge is 0.497 e. The van der Waals surface area contributed by atoms with E-state index in [9.17, 15) is 40.8 Å². The lowest BCUT2D eigenvalue weighted by Crippen LogP contribution is -2.59. The number of ether oxygens (including phenoxy) is 4. The number of carbonyl (C=O) groups excluding carboxylic acids is 4. The van der Waals surface area contributed by atoms with E-state index >= 15 is 4.39 Å². The molecular formula is C46H55F4N5O10S. The van der Waals surface area contributed by atoms with Crippen molar-refractivity contribution in [1.29, 1.82) is 0 Å². The zero-order valence-corrected chi connectivity index (χ0v) is 38.3. The van der Waals surface area contributed by atoms with E-state index in [1.54, 1.807) is 57.2 Å². The predicted molar refractivity (Wildman–Crippen MR) is 233 cm³/mol. The molecule has 0 radical (unpaired) electrons. The number of hydrogen-bond donors (Lipinski definition) is 3. The van der Waals surface area contributed by atoms with Gasteiger partial charge < -0.3 is 34.5 Å². The van der Waals surface area contributed by atoms with E-state index in [0.29, 0.717) is 66.8 Å². The van der Waals surface area contributed by atoms with Crippen molar-refractivity contribution in [2.75, 3.05) is 13.7 Å². The molecule has 0 spiro atoms. The average molecular weight is 946 g/mol. The van der Waals surface area contributed by atoms with E-state index in [2.05, 4.69) is 20.1 Å². The topological polar surface area (TPSA) is 192 Å². The number of sulfonamides is 1. The number of methoxy groups -OCH3 is 1. The fourth-order valence-electron chi connectivity index (χ4n) is 8.62. The normalized spacial score (nSPS) is 27.0. The maximum absolute atomic E-state index is 15.3. The maximum Gasteiger partial charge on any atom is 0.425 e. The monoisotopic (exact) mass is 945 g/mol. The molecule has 2 saturated carbocycles. The molecule has 358 valence electrons. The molecule has 1 saturated heterocycles. The highest BCUT2D eigenvalue weighted by molar-refractivity contribution is 7.91. The molecule has 20 heteroatoms. The number of halogens is 4. The molecule has 8 atom stereocenters. The zero-order chi connectivity index (χ0) is 47.9. The van der Waals surface area contributed by atoms with Gasteiger partial charge in [0.15, 0.2) is 17.7 Å². The van der Waals surface area contributed by atoms with Gasteiger partial charge >= 0.3 is 12.3 Å². The molecule has 66 heavy (non-hydrogen) atoms. The van der Waals surface area contributed by atoms with Crippen LogP contribution in [-0.4, -0.2) is 103 Å². The Morgan fingerprint density at radius 1 is 1.02 bits per heavy atom. The molecular weight excluding hydrogens is 891 g/mol. The predicted octanol–water partition coefficient (Wildman–Crippen LogP) is 6.73. The Bertz CT molecular complexity index is 2500. The first-order chi connectivity index (χ1) is 31.1. The minimum atomic E-state index is -4.89. The van der Waals surface area contributed by atoms with Gasteiger partial charge in [0.1, 0.15) is 29.5 Å². The fourth-order valence-corrected chi connectivity index (χ4v) is 9.99. The van der Waals surface area contributed by atoms with Gasteiger partial charge in [0.05, 0.1) is 30.7 Å². The van der Waals surface area contributed by atoms with Crippen molar-refractivity contribution in [2.24, 2.45) is 17.8 Å². The third-order valence-corrected chi connectivity index (χ3v) is 14.3. The summed E-state index contributed by atoms with van der Waals surface area (Å²) in [5.41, 5.74) is -1.02. The van der Waals surface area contributed by atoms with E-state index in [0.717, 1.165) is 4.90 Å². The third-order valence-electron chi connectivity index (χ3n) is 12.5. The number of amides is 4. The minimum Gasteiger partial charge on any atom is -0.497 e. The summed E-state index contributed by atoms with van der Waals surface area (Å²) in [5, 5.41) is 5.48. The highest BCUT2D eigenvalue weighted by Gasteiger charge is 2.62. The van der Waals surface area contributed by atoms with Crippen LogP contribution in [0.5, 0.6) is 17.4 Å². The van der Waals surface area contributed by atoms with Crippen LogP contribution in [0.2, 0.25) is 0 Å². The summed E-state index contributed by atoms with van der Waals surface area (Å²) in [7, 11) is -2.54. The number of pyridine rings is 1. The van der Waals surface area contributed by atoms with Crippen molar-refractivity contribution in [3.05, 3.63) is 60.4 Å². The van der Waals surface area contributed by atoms with Gasteiger partial charge in [0.25, 0.3) is 5.91 Å². The number of fused-ring (bicyclic) bond motifs is 3. The molecule has 1 aromatic heterocycles. The van der Waals surface area contributed by atoms with Crippen LogP contribution in [0.4, 0.5) is 22.4 Å². The molecule has 2 aliphatic heterocycles. The van der Waals surface area contributed by atoms with Crippen LogP contribution in [0.15, 0.2) is 54.6 Å². The van der Waals surface area contributed by atoms with Crippen LogP contribution in [0.25, 0.3) is 22.0 Å². The molecule has 3 fully saturated rings. The number of aromatic nitrogens is 1. The number of nitrogens with zero attached hydrogens (tertiary/aromatic N) is 2. The van der Waals surface area contributed by atoms with Gasteiger partial charge in [-0.2, -0.15) is 13.2 Å². The smallest absolute Gasteiger partial charge is 0.425 e. The molecule has 3 N–H and O–H groups in total. The van der Waals surface area contributed by atoms with Gasteiger partial charge in [-0.1, -0.05) is 26.0 Å². The molecule has 2 aliphatic carbocycles. The Balaban J connectivity index is 1.26. The molecule has 4 amide bonds. The average Bonchev–Trinajstić information content (AvgIpc) is 4.17. The Morgan fingerprint density at radius 2 is 1.76 bits per heavy atom. The highest BCUT2D eigenvalue weighted by atomic mass is 32.2. The lowest BCUT2D eigenvalue weighted by atomic mass is 9.88. The van der Waals surface area contributed by atoms with Gasteiger partial charge in [-0.25, -0.2) is 22.6 Å². The van der Waals surface area contributed by atoms with Gasteiger partial charge in [-0.15, -0.1) is 0 Å². The number of nitrogens with one attached hydrogen (secondary N) is 3. The number of benzene rings is 2. The van der Waals surface area contributed by atoms with Gasteiger partial charge in [-0.05, 0) is 119 Å². The second-order valence-electron chi connectivity index (χ2n) is 18.2. The second-order valence-corrected chi connectivity index (χ2v) is 20.1. The SMILES string of the molecule is COc1ccc2c(O[C@@H]3C[C@H]4C(=O)N[C@]5(C(=O)NS(=O)(=O)C6CC6)C[C@H]5/C=C\CC[C@@H](C)C[C@@H](C)C(NC(=O)O[C@H](C)C(F)(F)F)C(=O)N4C3)nc(-c3ccc(OC(C)C)c(F)c3)cc2c1. The molecule has 2 aromatic carbocycles. The summed E-state index contributed by atoms with van der Waals surface area (Å²) in [6.45, 7) is 7.47. The summed E-state index contributed by atoms with van der Waals surface area (Å²) in [5.74, 6) is -3.97. The van der Waals surface area contributed by atoms with E-state index < -0.39 is 92.7 Å². The summed E-state index contributed by atoms with van der Waals surface area (Å²) in [6.07, 6.45) is -4.50. The van der Waals surface area contributed by atoms with Crippen LogP contribution < -0.4 is 29.6 Å². The lowest BCUT2D eigenvalue weighted by Gasteiger charge is -2.33. The van der Waals surface area contributed by atoms with Crippen LogP contribution in [0.3, 0.4) is 0 Å². The molecule has 4 aliphatic rings. The van der Waals surface area contributed by atoms with Crippen LogP contribution >= 0.6 is 0 Å². The zero-order valence-electron chi connectivity index (χ0n) is 37.4. The summed E-state index contributed by atoms with van der Waals surface area (Å²) >= 11 is 0. The van der Waals surface area contributed by atoms with E-state index in [4.69, 9.17) is 19.2 Å². The number of carbonyl (C=O) groups is 4. The number of allylic oxidation sites excluding steroid dienone is 1. The quantitative estimate of drug-likeness (QED) is 0.137. The molecule has 3 heterocycles. The molecule has 7 rings (SSSR count).